The molecule has 0 unspecified atom stereocenters. The van der Waals surface area contributed by atoms with E-state index in [2.05, 4.69) is 31.7 Å². The van der Waals surface area contributed by atoms with Gasteiger partial charge in [0.2, 0.25) is 5.95 Å². The maximum absolute atomic E-state index is 13.2. The van der Waals surface area contributed by atoms with E-state index >= 15 is 0 Å². The minimum atomic E-state index is -0.407. The van der Waals surface area contributed by atoms with E-state index < -0.39 is 5.95 Å². The van der Waals surface area contributed by atoms with Crippen LogP contribution < -0.4 is 4.90 Å². The number of nitrogens with one attached hydrogen (secondary N) is 1. The number of thioether (sulfide) groups is 1. The Morgan fingerprint density at radius 1 is 1.17 bits per heavy atom. The predicted molar refractivity (Wildman–Crippen MR) is 96.3 cm³/mol. The highest BCUT2D eigenvalue weighted by molar-refractivity contribution is 7.99. The molecule has 3 heterocycles. The summed E-state index contributed by atoms with van der Waals surface area (Å²) in [5.41, 5.74) is 2.24. The van der Waals surface area contributed by atoms with Gasteiger partial charge in [-0.25, -0.2) is 9.97 Å². The lowest BCUT2D eigenvalue weighted by atomic mass is 10.3. The summed E-state index contributed by atoms with van der Waals surface area (Å²) in [6, 6.07) is 4.99. The summed E-state index contributed by atoms with van der Waals surface area (Å²) in [5, 5.41) is 1.02. The van der Waals surface area contributed by atoms with Crippen LogP contribution in [0.4, 0.5) is 10.2 Å². The lowest BCUT2D eigenvalue weighted by molar-refractivity contribution is 0.258. The van der Waals surface area contributed by atoms with Gasteiger partial charge in [0.25, 0.3) is 0 Å². The van der Waals surface area contributed by atoms with Gasteiger partial charge < -0.3 is 9.88 Å². The maximum atomic E-state index is 13.2. The molecule has 1 fully saturated rings. The van der Waals surface area contributed by atoms with E-state index in [1.165, 1.54) is 6.07 Å². The summed E-state index contributed by atoms with van der Waals surface area (Å²) < 4.78 is 13.2. The molecule has 2 aromatic heterocycles. The second-order valence-corrected chi connectivity index (χ2v) is 7.19. The van der Waals surface area contributed by atoms with Gasteiger partial charge in [0.1, 0.15) is 5.82 Å². The number of aromatic nitrogens is 3. The van der Waals surface area contributed by atoms with Crippen LogP contribution in [0.1, 0.15) is 17.8 Å². The predicted octanol–water partition coefficient (Wildman–Crippen LogP) is 2.87. The van der Waals surface area contributed by atoms with Crippen LogP contribution in [0.15, 0.2) is 23.4 Å². The van der Waals surface area contributed by atoms with E-state index in [0.29, 0.717) is 0 Å². The zero-order valence-electron chi connectivity index (χ0n) is 14.3. The molecule has 1 saturated heterocycles. The number of pyridine rings is 1. The molecule has 0 aliphatic carbocycles. The molecule has 0 aromatic carbocycles. The molecule has 0 atom stereocenters. The van der Waals surface area contributed by atoms with Crippen molar-refractivity contribution < 1.29 is 4.39 Å². The van der Waals surface area contributed by atoms with Gasteiger partial charge in [-0.1, -0.05) is 17.8 Å². The number of aromatic amines is 1. The number of aryl methyl sites for hydroxylation is 2. The number of H-pyrrole nitrogens is 1. The summed E-state index contributed by atoms with van der Waals surface area (Å²) in [4.78, 5) is 16.4. The molecule has 0 saturated carbocycles. The maximum Gasteiger partial charge on any atom is 0.214 e. The minimum absolute atomic E-state index is 0.407. The summed E-state index contributed by atoms with van der Waals surface area (Å²) in [6.45, 7) is 8.99. The van der Waals surface area contributed by atoms with Crippen molar-refractivity contribution in [3.63, 3.8) is 0 Å². The Bertz CT molecular complexity index is 647. The van der Waals surface area contributed by atoms with E-state index in [4.69, 9.17) is 0 Å². The SMILES string of the molecule is Cc1nc(SCCCN2CCN(c3cccc(F)n3)CC2)[nH]c1C. The van der Waals surface area contributed by atoms with Crippen molar-refractivity contribution in [2.24, 2.45) is 0 Å². The lowest BCUT2D eigenvalue weighted by Gasteiger charge is -2.35. The number of rotatable bonds is 6. The zero-order valence-corrected chi connectivity index (χ0v) is 15.1. The average molecular weight is 349 g/mol. The van der Waals surface area contributed by atoms with Gasteiger partial charge >= 0.3 is 0 Å². The number of piperazine rings is 1. The molecule has 130 valence electrons. The van der Waals surface area contributed by atoms with Gasteiger partial charge in [0, 0.05) is 37.6 Å². The molecular weight excluding hydrogens is 325 g/mol. The van der Waals surface area contributed by atoms with Crippen LogP contribution in [0, 0.1) is 19.8 Å². The van der Waals surface area contributed by atoms with Crippen molar-refractivity contribution in [2.75, 3.05) is 43.4 Å². The highest BCUT2D eigenvalue weighted by Gasteiger charge is 2.17. The summed E-state index contributed by atoms with van der Waals surface area (Å²) in [6.07, 6.45) is 1.14. The van der Waals surface area contributed by atoms with Crippen molar-refractivity contribution in [1.82, 2.24) is 19.9 Å². The third-order valence-electron chi connectivity index (χ3n) is 4.36. The Hall–Kier alpha value is -1.60. The Labute approximate surface area is 146 Å². The quantitative estimate of drug-likeness (QED) is 0.494. The standard InChI is InChI=1S/C17H24FN5S/c1-13-14(2)20-17(19-13)24-12-4-7-22-8-10-23(11-9-22)16-6-3-5-15(18)21-16/h3,5-6H,4,7-12H2,1-2H3,(H,19,20). The van der Waals surface area contributed by atoms with E-state index in [9.17, 15) is 4.39 Å². The van der Waals surface area contributed by atoms with Gasteiger partial charge in [-0.2, -0.15) is 4.39 Å². The largest absolute Gasteiger partial charge is 0.354 e. The molecule has 3 rings (SSSR count). The molecule has 1 N–H and O–H groups in total. The Morgan fingerprint density at radius 2 is 1.96 bits per heavy atom. The molecule has 1 aliphatic heterocycles. The van der Waals surface area contributed by atoms with Crippen molar-refractivity contribution in [3.8, 4) is 0 Å². The smallest absolute Gasteiger partial charge is 0.214 e. The van der Waals surface area contributed by atoms with E-state index in [1.54, 1.807) is 17.8 Å². The first-order valence-corrected chi connectivity index (χ1v) is 9.36. The topological polar surface area (TPSA) is 48.1 Å². The Morgan fingerprint density at radius 3 is 2.62 bits per heavy atom. The Balaban J connectivity index is 1.36. The van der Waals surface area contributed by atoms with Gasteiger partial charge in [0.15, 0.2) is 5.16 Å². The first-order valence-electron chi connectivity index (χ1n) is 8.37. The summed E-state index contributed by atoms with van der Waals surface area (Å²) in [7, 11) is 0. The van der Waals surface area contributed by atoms with Crippen LogP contribution >= 0.6 is 11.8 Å². The van der Waals surface area contributed by atoms with Crippen LogP contribution in [-0.2, 0) is 0 Å². The van der Waals surface area contributed by atoms with Gasteiger partial charge in [-0.05, 0) is 38.9 Å². The molecule has 1 aliphatic rings. The second-order valence-electron chi connectivity index (χ2n) is 6.10. The number of hydrogen-bond acceptors (Lipinski definition) is 5. The number of hydrogen-bond donors (Lipinski definition) is 1. The number of halogens is 1. The van der Waals surface area contributed by atoms with E-state index in [1.807, 2.05) is 13.0 Å². The van der Waals surface area contributed by atoms with E-state index in [-0.39, 0.29) is 0 Å². The third-order valence-corrected chi connectivity index (χ3v) is 5.32. The zero-order chi connectivity index (χ0) is 16.9. The molecule has 0 radical (unpaired) electrons. The van der Waals surface area contributed by atoms with Crippen molar-refractivity contribution in [1.29, 1.82) is 0 Å². The van der Waals surface area contributed by atoms with Gasteiger partial charge in [0.05, 0.1) is 5.69 Å². The molecule has 0 amide bonds. The molecule has 0 bridgehead atoms. The average Bonchev–Trinajstić information content (AvgIpc) is 2.90. The minimum Gasteiger partial charge on any atom is -0.354 e. The number of imidazole rings is 1. The first-order chi connectivity index (χ1) is 11.6. The van der Waals surface area contributed by atoms with Crippen LogP contribution in [-0.4, -0.2) is 58.3 Å². The molecule has 2 aromatic rings. The summed E-state index contributed by atoms with van der Waals surface area (Å²) in [5.74, 6) is 1.40. The first kappa shape index (κ1) is 17.2. The van der Waals surface area contributed by atoms with Crippen LogP contribution in [0.3, 0.4) is 0 Å². The fourth-order valence-electron chi connectivity index (χ4n) is 2.81. The fraction of sp³-hybridized carbons (Fsp3) is 0.529. The van der Waals surface area contributed by atoms with Crippen LogP contribution in [0.25, 0.3) is 0 Å². The third kappa shape index (κ3) is 4.48. The highest BCUT2D eigenvalue weighted by atomic mass is 32.2. The normalized spacial score (nSPS) is 15.9. The monoisotopic (exact) mass is 349 g/mol. The van der Waals surface area contributed by atoms with Crippen molar-refractivity contribution >= 4 is 17.6 Å². The molecule has 5 nitrogen and oxygen atoms in total. The summed E-state index contributed by atoms with van der Waals surface area (Å²) >= 11 is 1.79. The van der Waals surface area contributed by atoms with Crippen molar-refractivity contribution in [3.05, 3.63) is 35.5 Å². The van der Waals surface area contributed by atoms with Crippen molar-refractivity contribution in [2.45, 2.75) is 25.4 Å². The fourth-order valence-corrected chi connectivity index (χ4v) is 3.71. The number of nitrogens with zero attached hydrogens (tertiary/aromatic N) is 4. The highest BCUT2D eigenvalue weighted by Crippen LogP contribution is 2.18. The molecule has 0 spiro atoms. The molecule has 24 heavy (non-hydrogen) atoms. The van der Waals surface area contributed by atoms with Crippen LogP contribution in [0.5, 0.6) is 0 Å². The van der Waals surface area contributed by atoms with Crippen LogP contribution in [0.2, 0.25) is 0 Å². The van der Waals surface area contributed by atoms with Gasteiger partial charge in [-0.3, -0.25) is 4.90 Å². The Kier molecular flexibility index (Phi) is 5.73. The lowest BCUT2D eigenvalue weighted by Crippen LogP contribution is -2.47. The molecular formula is C17H24FN5S. The van der Waals surface area contributed by atoms with E-state index in [0.717, 1.165) is 67.3 Å². The van der Waals surface area contributed by atoms with Gasteiger partial charge in [-0.15, -0.1) is 0 Å². The molecule has 7 heteroatoms. The second kappa shape index (κ2) is 7.98. The number of anilines is 1.